The summed E-state index contributed by atoms with van der Waals surface area (Å²) in [4.78, 5) is 11.6. The fourth-order valence-electron chi connectivity index (χ4n) is 5.90. The Kier molecular flexibility index (Phi) is 23.4. The molecule has 254 valence electrons. The van der Waals surface area contributed by atoms with E-state index in [1.165, 1.54) is 51.4 Å². The molecule has 43 heavy (non-hydrogen) atoms. The maximum atomic E-state index is 11.6. The van der Waals surface area contributed by atoms with E-state index in [4.69, 9.17) is 4.74 Å². The van der Waals surface area contributed by atoms with Gasteiger partial charge in [0, 0.05) is 12.0 Å². The lowest BCUT2D eigenvalue weighted by atomic mass is 9.96. The SMILES string of the molecule is CCCCCCCCCCCC[C@@H](O)[C@@H](O)CC[C@@H](O)[C@@H](O)CCCCC(O)CCCCCC(O)CC1=CC(C)OC1=O. The molecular formula is C35H66O8. The highest BCUT2D eigenvalue weighted by atomic mass is 16.5. The van der Waals surface area contributed by atoms with Crippen molar-refractivity contribution in [1.82, 2.24) is 0 Å². The van der Waals surface area contributed by atoms with Crippen LogP contribution in [0.2, 0.25) is 0 Å². The van der Waals surface area contributed by atoms with E-state index in [1.807, 2.05) is 0 Å². The van der Waals surface area contributed by atoms with Crippen LogP contribution in [0, 0.1) is 0 Å². The fourth-order valence-corrected chi connectivity index (χ4v) is 5.90. The molecule has 0 radical (unpaired) electrons. The van der Waals surface area contributed by atoms with Gasteiger partial charge in [0.1, 0.15) is 6.10 Å². The van der Waals surface area contributed by atoms with Gasteiger partial charge in [-0.3, -0.25) is 0 Å². The number of hydrogen-bond acceptors (Lipinski definition) is 8. The first-order valence-electron chi connectivity index (χ1n) is 17.6. The molecule has 0 aliphatic carbocycles. The normalized spacial score (nSPS) is 19.5. The largest absolute Gasteiger partial charge is 0.455 e. The van der Waals surface area contributed by atoms with Crippen molar-refractivity contribution in [1.29, 1.82) is 0 Å². The molecular weight excluding hydrogens is 548 g/mol. The van der Waals surface area contributed by atoms with Crippen molar-refractivity contribution in [3.05, 3.63) is 11.6 Å². The average Bonchev–Trinajstić information content (AvgIpc) is 3.29. The van der Waals surface area contributed by atoms with Crippen LogP contribution in [-0.2, 0) is 9.53 Å². The molecule has 1 heterocycles. The second kappa shape index (κ2) is 25.2. The lowest BCUT2D eigenvalue weighted by molar-refractivity contribution is -0.139. The number of esters is 1. The predicted molar refractivity (Wildman–Crippen MR) is 172 cm³/mol. The van der Waals surface area contributed by atoms with E-state index >= 15 is 0 Å². The Morgan fingerprint density at radius 1 is 0.558 bits per heavy atom. The molecule has 0 spiro atoms. The molecule has 0 bridgehead atoms. The minimum Gasteiger partial charge on any atom is -0.455 e. The summed E-state index contributed by atoms with van der Waals surface area (Å²) in [6, 6.07) is 0. The highest BCUT2D eigenvalue weighted by molar-refractivity contribution is 5.90. The summed E-state index contributed by atoms with van der Waals surface area (Å²) in [6.07, 6.45) is 17.2. The van der Waals surface area contributed by atoms with E-state index < -0.39 is 36.6 Å². The van der Waals surface area contributed by atoms with Crippen LogP contribution in [-0.4, -0.2) is 79.3 Å². The topological polar surface area (TPSA) is 148 Å². The van der Waals surface area contributed by atoms with Crippen molar-refractivity contribution in [2.75, 3.05) is 0 Å². The number of aliphatic hydroxyl groups is 6. The van der Waals surface area contributed by atoms with E-state index in [1.54, 1.807) is 13.0 Å². The first kappa shape index (κ1) is 40.0. The Morgan fingerprint density at radius 2 is 0.930 bits per heavy atom. The Morgan fingerprint density at radius 3 is 1.42 bits per heavy atom. The Bertz CT molecular complexity index is 714. The molecule has 8 nitrogen and oxygen atoms in total. The van der Waals surface area contributed by atoms with Gasteiger partial charge >= 0.3 is 5.97 Å². The molecule has 0 fully saturated rings. The quantitative estimate of drug-likeness (QED) is 0.0443. The van der Waals surface area contributed by atoms with Crippen LogP contribution in [0.15, 0.2) is 11.6 Å². The first-order valence-corrected chi connectivity index (χ1v) is 17.6. The third kappa shape index (κ3) is 20.6. The zero-order chi connectivity index (χ0) is 31.9. The van der Waals surface area contributed by atoms with Crippen LogP contribution in [0.5, 0.6) is 0 Å². The molecule has 0 aromatic carbocycles. The number of hydrogen-bond donors (Lipinski definition) is 6. The lowest BCUT2D eigenvalue weighted by Gasteiger charge is -2.22. The molecule has 1 aliphatic heterocycles. The molecule has 1 rings (SSSR count). The van der Waals surface area contributed by atoms with Gasteiger partial charge in [-0.05, 0) is 57.9 Å². The van der Waals surface area contributed by atoms with Gasteiger partial charge in [-0.1, -0.05) is 103 Å². The van der Waals surface area contributed by atoms with E-state index in [-0.39, 0.29) is 24.9 Å². The van der Waals surface area contributed by atoms with Gasteiger partial charge < -0.3 is 35.4 Å². The third-order valence-corrected chi connectivity index (χ3v) is 8.81. The molecule has 0 saturated heterocycles. The number of cyclic esters (lactones) is 1. The maximum absolute atomic E-state index is 11.6. The van der Waals surface area contributed by atoms with Crippen molar-refractivity contribution < 1.29 is 40.2 Å². The van der Waals surface area contributed by atoms with Crippen molar-refractivity contribution >= 4 is 5.97 Å². The van der Waals surface area contributed by atoms with Gasteiger partial charge in [0.25, 0.3) is 0 Å². The Balaban J connectivity index is 1.99. The van der Waals surface area contributed by atoms with Gasteiger partial charge in [-0.2, -0.15) is 0 Å². The van der Waals surface area contributed by atoms with Gasteiger partial charge in [-0.15, -0.1) is 0 Å². The van der Waals surface area contributed by atoms with Crippen LogP contribution in [0.1, 0.15) is 162 Å². The summed E-state index contributed by atoms with van der Waals surface area (Å²) in [7, 11) is 0. The molecule has 6 N–H and O–H groups in total. The highest BCUT2D eigenvalue weighted by Gasteiger charge is 2.24. The zero-order valence-electron chi connectivity index (χ0n) is 27.4. The number of carbonyl (C=O) groups excluding carboxylic acids is 1. The van der Waals surface area contributed by atoms with Crippen LogP contribution in [0.25, 0.3) is 0 Å². The van der Waals surface area contributed by atoms with Crippen molar-refractivity contribution in [3.63, 3.8) is 0 Å². The van der Waals surface area contributed by atoms with E-state index in [0.717, 1.165) is 38.5 Å². The molecule has 8 heteroatoms. The van der Waals surface area contributed by atoms with Crippen molar-refractivity contribution in [3.8, 4) is 0 Å². The van der Waals surface area contributed by atoms with Gasteiger partial charge in [-0.25, -0.2) is 4.79 Å². The van der Waals surface area contributed by atoms with E-state index in [2.05, 4.69) is 6.92 Å². The summed E-state index contributed by atoms with van der Waals surface area (Å²) in [5.41, 5.74) is 0.555. The smallest absolute Gasteiger partial charge is 0.334 e. The van der Waals surface area contributed by atoms with E-state index in [9.17, 15) is 35.4 Å². The molecule has 7 atom stereocenters. The van der Waals surface area contributed by atoms with Gasteiger partial charge in [0.2, 0.25) is 0 Å². The third-order valence-electron chi connectivity index (χ3n) is 8.81. The molecule has 0 amide bonds. The summed E-state index contributed by atoms with van der Waals surface area (Å²) >= 11 is 0. The van der Waals surface area contributed by atoms with Crippen LogP contribution in [0.4, 0.5) is 0 Å². The molecule has 1 aliphatic rings. The lowest BCUT2D eigenvalue weighted by Crippen LogP contribution is -2.31. The van der Waals surface area contributed by atoms with Gasteiger partial charge in [0.05, 0.1) is 36.6 Å². The number of ether oxygens (including phenoxy) is 1. The fraction of sp³-hybridized carbons (Fsp3) is 0.914. The number of carbonyl (C=O) groups is 1. The summed E-state index contributed by atoms with van der Waals surface area (Å²) < 4.78 is 5.05. The predicted octanol–water partition coefficient (Wildman–Crippen LogP) is 6.02. The molecule has 0 aromatic rings. The monoisotopic (exact) mass is 614 g/mol. The summed E-state index contributed by atoms with van der Waals surface area (Å²) in [5, 5.41) is 61.5. The molecule has 0 saturated carbocycles. The first-order chi connectivity index (χ1) is 20.6. The Hall–Kier alpha value is -1.03. The minimum absolute atomic E-state index is 0.215. The standard InChI is InChI=1S/C35H66O8/c1-3-4-5-6-7-8-9-10-11-15-21-31(38)33(40)23-24-34(41)32(39)22-17-16-19-29(36)18-13-12-14-20-30(37)26-28-25-27(2)43-35(28)42/h25,27,29-34,36-41H,3-24,26H2,1-2H3/t27?,29?,30?,31-,32+,33+,34-/m1/s1. The van der Waals surface area contributed by atoms with Gasteiger partial charge in [0.15, 0.2) is 0 Å². The maximum Gasteiger partial charge on any atom is 0.334 e. The summed E-state index contributed by atoms with van der Waals surface area (Å²) in [6.45, 7) is 4.03. The van der Waals surface area contributed by atoms with Crippen molar-refractivity contribution in [2.45, 2.75) is 204 Å². The summed E-state index contributed by atoms with van der Waals surface area (Å²) in [5.74, 6) is -0.333. The second-order valence-electron chi connectivity index (χ2n) is 13.1. The van der Waals surface area contributed by atoms with E-state index in [0.29, 0.717) is 50.5 Å². The van der Waals surface area contributed by atoms with Crippen LogP contribution >= 0.6 is 0 Å². The Labute approximate surface area is 261 Å². The van der Waals surface area contributed by atoms with Crippen LogP contribution < -0.4 is 0 Å². The number of aliphatic hydroxyl groups excluding tert-OH is 6. The zero-order valence-corrected chi connectivity index (χ0v) is 27.4. The average molecular weight is 615 g/mol. The molecule has 3 unspecified atom stereocenters. The van der Waals surface area contributed by atoms with Crippen LogP contribution in [0.3, 0.4) is 0 Å². The number of rotatable bonds is 29. The van der Waals surface area contributed by atoms with Crippen molar-refractivity contribution in [2.24, 2.45) is 0 Å². The number of unbranched alkanes of at least 4 members (excludes halogenated alkanes) is 12. The minimum atomic E-state index is -0.932. The second-order valence-corrected chi connectivity index (χ2v) is 13.1. The molecule has 0 aromatic heterocycles. The highest BCUT2D eigenvalue weighted by Crippen LogP contribution is 2.21.